The topological polar surface area (TPSA) is 65.5 Å². The van der Waals surface area contributed by atoms with Gasteiger partial charge in [0.15, 0.2) is 0 Å². The predicted molar refractivity (Wildman–Crippen MR) is 120 cm³/mol. The molecule has 156 valence electrons. The van der Waals surface area contributed by atoms with Gasteiger partial charge >= 0.3 is 0 Å². The monoisotopic (exact) mass is 434 g/mol. The van der Waals surface area contributed by atoms with Crippen LogP contribution >= 0.6 is 23.5 Å². The number of aromatic nitrogens is 1. The van der Waals surface area contributed by atoms with Gasteiger partial charge < -0.3 is 14.5 Å². The van der Waals surface area contributed by atoms with Crippen molar-refractivity contribution in [2.24, 2.45) is 0 Å². The Hall–Kier alpha value is -2.25. The van der Waals surface area contributed by atoms with Gasteiger partial charge in [-0.25, -0.2) is 0 Å². The van der Waals surface area contributed by atoms with Crippen LogP contribution in [0.5, 0.6) is 0 Å². The minimum atomic E-state index is -0.0415. The summed E-state index contributed by atoms with van der Waals surface area (Å²) in [7, 11) is 0. The highest BCUT2D eigenvalue weighted by molar-refractivity contribution is 8.00. The maximum Gasteiger partial charge on any atom is 0.254 e. The number of benzene rings is 1. The van der Waals surface area contributed by atoms with Gasteiger partial charge in [-0.2, -0.15) is 0 Å². The van der Waals surface area contributed by atoms with Crippen LogP contribution < -0.4 is 4.72 Å². The van der Waals surface area contributed by atoms with Crippen molar-refractivity contribution in [3.63, 3.8) is 0 Å². The van der Waals surface area contributed by atoms with Crippen LogP contribution in [0.25, 0.3) is 0 Å². The number of carbonyl (C=O) groups is 2. The standard InChI is InChI=1S/C15H20ClN3O2S.C6H7N/c1-2-9-22-17-14-4-3-12(10-13(14)16)15(21)19-7-5-18(11-20)6-8-19;1-6-4-2-3-5-7-6/h3-4,10-11,17H,2,5-9H2,1H3;2-5H,1H3. The zero-order valence-electron chi connectivity index (χ0n) is 16.8. The molecule has 2 aromatic rings. The summed E-state index contributed by atoms with van der Waals surface area (Å²) in [6, 6.07) is 11.2. The normalized spacial score (nSPS) is 13.3. The van der Waals surface area contributed by atoms with Crippen LogP contribution in [0.1, 0.15) is 29.4 Å². The maximum atomic E-state index is 12.5. The molecule has 1 fully saturated rings. The second kappa shape index (κ2) is 12.3. The number of hydrogen-bond acceptors (Lipinski definition) is 5. The molecule has 1 aromatic carbocycles. The van der Waals surface area contributed by atoms with Crippen LogP contribution in [-0.4, -0.2) is 59.0 Å². The Kier molecular flexibility index (Phi) is 9.80. The van der Waals surface area contributed by atoms with Gasteiger partial charge in [-0.15, -0.1) is 0 Å². The van der Waals surface area contributed by atoms with E-state index in [0.29, 0.717) is 36.8 Å². The fourth-order valence-corrected chi connectivity index (χ4v) is 3.55. The first-order valence-electron chi connectivity index (χ1n) is 9.58. The SMILES string of the molecule is CCCSNc1ccc(C(=O)N2CCN(C=O)CC2)cc1Cl.Cc1ccccn1. The molecule has 1 aliphatic rings. The first-order chi connectivity index (χ1) is 14.0. The van der Waals surface area contributed by atoms with Crippen molar-refractivity contribution < 1.29 is 9.59 Å². The summed E-state index contributed by atoms with van der Waals surface area (Å²) < 4.78 is 3.19. The number of aryl methyl sites for hydroxylation is 1. The third kappa shape index (κ3) is 7.59. The second-order valence-electron chi connectivity index (χ2n) is 6.55. The molecule has 8 heteroatoms. The lowest BCUT2D eigenvalue weighted by Crippen LogP contribution is -2.48. The highest BCUT2D eigenvalue weighted by Crippen LogP contribution is 2.26. The van der Waals surface area contributed by atoms with Crippen molar-refractivity contribution in [2.45, 2.75) is 20.3 Å². The van der Waals surface area contributed by atoms with Crippen LogP contribution in [0, 0.1) is 6.92 Å². The molecule has 0 spiro atoms. The zero-order valence-corrected chi connectivity index (χ0v) is 18.4. The van der Waals surface area contributed by atoms with E-state index in [1.165, 1.54) is 0 Å². The average molecular weight is 435 g/mol. The second-order valence-corrected chi connectivity index (χ2v) is 7.86. The lowest BCUT2D eigenvalue weighted by molar-refractivity contribution is -0.119. The van der Waals surface area contributed by atoms with E-state index in [-0.39, 0.29) is 5.91 Å². The van der Waals surface area contributed by atoms with E-state index in [1.54, 1.807) is 40.1 Å². The van der Waals surface area contributed by atoms with Gasteiger partial charge in [0.1, 0.15) is 0 Å². The molecule has 0 bridgehead atoms. The smallest absolute Gasteiger partial charge is 0.254 e. The average Bonchev–Trinajstić information content (AvgIpc) is 2.75. The molecule has 2 heterocycles. The van der Waals surface area contributed by atoms with Crippen molar-refractivity contribution in [1.29, 1.82) is 0 Å². The Morgan fingerprint density at radius 2 is 2.00 bits per heavy atom. The Morgan fingerprint density at radius 3 is 2.52 bits per heavy atom. The van der Waals surface area contributed by atoms with Crippen LogP contribution in [0.4, 0.5) is 5.69 Å². The Morgan fingerprint density at radius 1 is 1.24 bits per heavy atom. The van der Waals surface area contributed by atoms with Gasteiger partial charge in [0.05, 0.1) is 10.7 Å². The van der Waals surface area contributed by atoms with Crippen LogP contribution in [-0.2, 0) is 4.79 Å². The quantitative estimate of drug-likeness (QED) is 0.421. The fourth-order valence-electron chi connectivity index (χ4n) is 2.62. The lowest BCUT2D eigenvalue weighted by Gasteiger charge is -2.32. The summed E-state index contributed by atoms with van der Waals surface area (Å²) in [4.78, 5) is 30.6. The summed E-state index contributed by atoms with van der Waals surface area (Å²) >= 11 is 7.83. The number of hydrogen-bond donors (Lipinski definition) is 1. The van der Waals surface area contributed by atoms with Crippen LogP contribution in [0.15, 0.2) is 42.6 Å². The van der Waals surface area contributed by atoms with Gasteiger partial charge in [0, 0.05) is 49.4 Å². The Balaban J connectivity index is 0.000000360. The number of nitrogens with zero attached hydrogens (tertiary/aromatic N) is 3. The van der Waals surface area contributed by atoms with E-state index < -0.39 is 0 Å². The number of nitrogens with one attached hydrogen (secondary N) is 1. The van der Waals surface area contributed by atoms with Crippen molar-refractivity contribution in [2.75, 3.05) is 36.7 Å². The predicted octanol–water partition coefficient (Wildman–Crippen LogP) is 4.11. The van der Waals surface area contributed by atoms with E-state index in [1.807, 2.05) is 31.2 Å². The lowest BCUT2D eigenvalue weighted by atomic mass is 10.1. The summed E-state index contributed by atoms with van der Waals surface area (Å²) in [5.74, 6) is 0.957. The molecule has 0 saturated carbocycles. The molecular formula is C21H27ClN4O2S. The number of carbonyl (C=O) groups excluding carboxylic acids is 2. The number of anilines is 1. The van der Waals surface area contributed by atoms with E-state index in [9.17, 15) is 9.59 Å². The molecule has 0 radical (unpaired) electrons. The van der Waals surface area contributed by atoms with Gasteiger partial charge in [0.2, 0.25) is 6.41 Å². The number of amides is 2. The Bertz CT molecular complexity index is 784. The molecular weight excluding hydrogens is 408 g/mol. The van der Waals surface area contributed by atoms with Crippen molar-refractivity contribution in [3.05, 3.63) is 58.9 Å². The largest absolute Gasteiger partial charge is 0.342 e. The van der Waals surface area contributed by atoms with Crippen molar-refractivity contribution in [3.8, 4) is 0 Å². The third-order valence-corrected chi connectivity index (χ3v) is 5.56. The fraction of sp³-hybridized carbons (Fsp3) is 0.381. The molecule has 1 aliphatic heterocycles. The van der Waals surface area contributed by atoms with E-state index >= 15 is 0 Å². The number of rotatable bonds is 6. The van der Waals surface area contributed by atoms with Gasteiger partial charge in [0.25, 0.3) is 5.91 Å². The molecule has 0 unspecified atom stereocenters. The molecule has 1 saturated heterocycles. The molecule has 2 amide bonds. The summed E-state index contributed by atoms with van der Waals surface area (Å²) in [6.45, 7) is 6.36. The van der Waals surface area contributed by atoms with Crippen molar-refractivity contribution >= 4 is 41.6 Å². The third-order valence-electron chi connectivity index (χ3n) is 4.27. The first kappa shape index (κ1) is 23.0. The van der Waals surface area contributed by atoms with E-state index in [4.69, 9.17) is 11.6 Å². The Labute approximate surface area is 181 Å². The number of piperazine rings is 1. The molecule has 1 N–H and O–H groups in total. The summed E-state index contributed by atoms with van der Waals surface area (Å²) in [6.07, 6.45) is 3.70. The molecule has 6 nitrogen and oxygen atoms in total. The summed E-state index contributed by atoms with van der Waals surface area (Å²) in [5.41, 5.74) is 2.47. The zero-order chi connectivity index (χ0) is 21.1. The molecule has 0 aliphatic carbocycles. The molecule has 29 heavy (non-hydrogen) atoms. The summed E-state index contributed by atoms with van der Waals surface area (Å²) in [5, 5.41) is 0.543. The van der Waals surface area contributed by atoms with Gasteiger partial charge in [-0.3, -0.25) is 14.6 Å². The van der Waals surface area contributed by atoms with Gasteiger partial charge in [-0.05, 0) is 43.7 Å². The van der Waals surface area contributed by atoms with E-state index in [2.05, 4.69) is 16.6 Å². The van der Waals surface area contributed by atoms with Crippen LogP contribution in [0.2, 0.25) is 5.02 Å². The van der Waals surface area contributed by atoms with Crippen LogP contribution in [0.3, 0.4) is 0 Å². The van der Waals surface area contributed by atoms with Gasteiger partial charge in [-0.1, -0.05) is 36.5 Å². The number of halogens is 1. The van der Waals surface area contributed by atoms with Crippen molar-refractivity contribution in [1.82, 2.24) is 14.8 Å². The maximum absolute atomic E-state index is 12.5. The minimum absolute atomic E-state index is 0.0415. The number of pyridine rings is 1. The highest BCUT2D eigenvalue weighted by Gasteiger charge is 2.21. The molecule has 0 atom stereocenters. The first-order valence-corrected chi connectivity index (χ1v) is 10.9. The molecule has 3 rings (SSSR count). The highest BCUT2D eigenvalue weighted by atomic mass is 35.5. The molecule has 1 aromatic heterocycles. The minimum Gasteiger partial charge on any atom is -0.342 e. The van der Waals surface area contributed by atoms with E-state index in [0.717, 1.165) is 30.0 Å².